The van der Waals surface area contributed by atoms with Gasteiger partial charge in [-0.1, -0.05) is 0 Å². The lowest BCUT2D eigenvalue weighted by atomic mass is 10.3. The van der Waals surface area contributed by atoms with Crippen molar-refractivity contribution in [2.75, 3.05) is 13.7 Å². The van der Waals surface area contributed by atoms with Gasteiger partial charge in [-0.05, 0) is 17.9 Å². The molecule has 0 fully saturated rings. The van der Waals surface area contributed by atoms with Crippen molar-refractivity contribution in [3.63, 3.8) is 0 Å². The Bertz CT molecular complexity index is 623. The van der Waals surface area contributed by atoms with Crippen molar-refractivity contribution in [2.24, 2.45) is 0 Å². The number of rotatable bonds is 3. The van der Waals surface area contributed by atoms with E-state index in [9.17, 15) is 9.59 Å². The molecule has 0 aromatic carbocycles. The Hall–Kier alpha value is -1.40. The second kappa shape index (κ2) is 4.23. The van der Waals surface area contributed by atoms with E-state index in [4.69, 9.17) is 4.74 Å². The molecule has 2 rings (SSSR count). The summed E-state index contributed by atoms with van der Waals surface area (Å²) in [7, 11) is 1.54. The minimum absolute atomic E-state index is 0.241. The molecule has 1 N–H and O–H groups in total. The van der Waals surface area contributed by atoms with Crippen LogP contribution in [0.15, 0.2) is 15.0 Å². The van der Waals surface area contributed by atoms with Crippen LogP contribution in [-0.2, 0) is 11.3 Å². The lowest BCUT2D eigenvalue weighted by molar-refractivity contribution is 0.185. The molecule has 0 saturated heterocycles. The molecule has 6 heteroatoms. The first kappa shape index (κ1) is 11.1. The summed E-state index contributed by atoms with van der Waals surface area (Å²) in [4.78, 5) is 27.0. The van der Waals surface area contributed by atoms with Crippen molar-refractivity contribution >= 4 is 21.6 Å². The molecule has 16 heavy (non-hydrogen) atoms. The first-order valence-corrected chi connectivity index (χ1v) is 5.73. The van der Waals surface area contributed by atoms with Crippen molar-refractivity contribution < 1.29 is 4.74 Å². The number of thiophene rings is 1. The maximum atomic E-state index is 12.0. The molecule has 0 aliphatic heterocycles. The zero-order chi connectivity index (χ0) is 11.7. The van der Waals surface area contributed by atoms with Crippen LogP contribution in [0.3, 0.4) is 0 Å². The van der Waals surface area contributed by atoms with Crippen LogP contribution in [0.5, 0.6) is 0 Å². The predicted octanol–water partition coefficient (Wildman–Crippen LogP) is 0.706. The third-order valence-corrected chi connectivity index (χ3v) is 3.43. The van der Waals surface area contributed by atoms with Crippen LogP contribution in [0.25, 0.3) is 10.2 Å². The second-order valence-electron chi connectivity index (χ2n) is 3.50. The second-order valence-corrected chi connectivity index (χ2v) is 4.38. The third-order valence-electron chi connectivity index (χ3n) is 2.42. The highest BCUT2D eigenvalue weighted by Gasteiger charge is 2.10. The number of ether oxygens (including phenoxy) is 1. The summed E-state index contributed by atoms with van der Waals surface area (Å²) in [5, 5.41) is 2.46. The summed E-state index contributed by atoms with van der Waals surface area (Å²) in [5.74, 6) is 0. The highest BCUT2D eigenvalue weighted by Crippen LogP contribution is 2.18. The van der Waals surface area contributed by atoms with Crippen LogP contribution in [0.1, 0.15) is 5.56 Å². The van der Waals surface area contributed by atoms with Crippen molar-refractivity contribution in [1.29, 1.82) is 0 Å². The lowest BCUT2D eigenvalue weighted by Crippen LogP contribution is -2.35. The van der Waals surface area contributed by atoms with E-state index < -0.39 is 0 Å². The molecule has 0 amide bonds. The zero-order valence-electron chi connectivity index (χ0n) is 9.07. The van der Waals surface area contributed by atoms with Gasteiger partial charge in [0.2, 0.25) is 0 Å². The molecule has 0 aliphatic rings. The SMILES string of the molecule is COCCn1c(=O)[nH]c2scc(C)c2c1=O. The molecule has 86 valence electrons. The number of aryl methyl sites for hydroxylation is 1. The van der Waals surface area contributed by atoms with Crippen LogP contribution in [0.2, 0.25) is 0 Å². The number of aromatic amines is 1. The average molecular weight is 240 g/mol. The lowest BCUT2D eigenvalue weighted by Gasteiger charge is -2.03. The fraction of sp³-hybridized carbons (Fsp3) is 0.400. The molecule has 0 spiro atoms. The topological polar surface area (TPSA) is 64.1 Å². The van der Waals surface area contributed by atoms with E-state index in [1.807, 2.05) is 12.3 Å². The normalized spacial score (nSPS) is 11.1. The molecular formula is C10H12N2O3S. The predicted molar refractivity (Wildman–Crippen MR) is 63.3 cm³/mol. The summed E-state index contributed by atoms with van der Waals surface area (Å²) in [6.45, 7) is 2.48. The van der Waals surface area contributed by atoms with Crippen molar-refractivity contribution in [3.8, 4) is 0 Å². The van der Waals surface area contributed by atoms with Gasteiger partial charge >= 0.3 is 5.69 Å². The summed E-state index contributed by atoms with van der Waals surface area (Å²) < 4.78 is 6.04. The van der Waals surface area contributed by atoms with Crippen LogP contribution in [0.4, 0.5) is 0 Å². The van der Waals surface area contributed by atoms with E-state index in [0.29, 0.717) is 16.8 Å². The number of nitrogens with zero attached hydrogens (tertiary/aromatic N) is 1. The van der Waals surface area contributed by atoms with Crippen LogP contribution >= 0.6 is 11.3 Å². The van der Waals surface area contributed by atoms with Gasteiger partial charge < -0.3 is 4.74 Å². The van der Waals surface area contributed by atoms with Gasteiger partial charge in [0.15, 0.2) is 0 Å². The van der Waals surface area contributed by atoms with Gasteiger partial charge in [0, 0.05) is 7.11 Å². The molecule has 0 radical (unpaired) electrons. The fourth-order valence-electron chi connectivity index (χ4n) is 1.58. The molecule has 0 unspecified atom stereocenters. The maximum absolute atomic E-state index is 12.0. The Labute approximate surface area is 95.3 Å². The molecular weight excluding hydrogens is 228 g/mol. The van der Waals surface area contributed by atoms with Crippen LogP contribution < -0.4 is 11.2 Å². The first-order chi connectivity index (χ1) is 7.65. The highest BCUT2D eigenvalue weighted by atomic mass is 32.1. The average Bonchev–Trinajstić information content (AvgIpc) is 2.60. The van der Waals surface area contributed by atoms with E-state index in [1.54, 1.807) is 0 Å². The van der Waals surface area contributed by atoms with E-state index in [2.05, 4.69) is 4.98 Å². The molecule has 2 aromatic heterocycles. The van der Waals surface area contributed by atoms with Gasteiger partial charge in [0.1, 0.15) is 4.83 Å². The minimum atomic E-state index is -0.378. The number of fused-ring (bicyclic) bond motifs is 1. The monoisotopic (exact) mass is 240 g/mol. The number of H-pyrrole nitrogens is 1. The van der Waals surface area contributed by atoms with Crippen molar-refractivity contribution in [1.82, 2.24) is 9.55 Å². The summed E-state index contributed by atoms with van der Waals surface area (Å²) >= 11 is 1.37. The van der Waals surface area contributed by atoms with Crippen molar-refractivity contribution in [2.45, 2.75) is 13.5 Å². The van der Waals surface area contributed by atoms with Gasteiger partial charge in [-0.3, -0.25) is 14.3 Å². The van der Waals surface area contributed by atoms with Crippen LogP contribution in [0, 0.1) is 6.92 Å². The Morgan fingerprint density at radius 3 is 2.94 bits per heavy atom. The molecule has 0 aliphatic carbocycles. The molecule has 2 heterocycles. The number of methoxy groups -OCH3 is 1. The van der Waals surface area contributed by atoms with E-state index >= 15 is 0 Å². The summed E-state index contributed by atoms with van der Waals surface area (Å²) in [5.41, 5.74) is 0.276. The van der Waals surface area contributed by atoms with Crippen molar-refractivity contribution in [3.05, 3.63) is 31.8 Å². The third kappa shape index (κ3) is 1.70. The quantitative estimate of drug-likeness (QED) is 0.859. The molecule has 0 saturated carbocycles. The molecule has 0 atom stereocenters. The van der Waals surface area contributed by atoms with Gasteiger partial charge in [0.05, 0.1) is 18.5 Å². The van der Waals surface area contributed by atoms with E-state index in [1.165, 1.54) is 23.0 Å². The Kier molecular flexibility index (Phi) is 2.93. The first-order valence-electron chi connectivity index (χ1n) is 4.85. The van der Waals surface area contributed by atoms with Gasteiger partial charge in [-0.15, -0.1) is 11.3 Å². The Morgan fingerprint density at radius 2 is 2.25 bits per heavy atom. The largest absolute Gasteiger partial charge is 0.383 e. The minimum Gasteiger partial charge on any atom is -0.383 e. The number of hydrogen-bond donors (Lipinski definition) is 1. The van der Waals surface area contributed by atoms with Gasteiger partial charge in [-0.25, -0.2) is 4.79 Å². The highest BCUT2D eigenvalue weighted by molar-refractivity contribution is 7.16. The Morgan fingerprint density at radius 1 is 1.50 bits per heavy atom. The zero-order valence-corrected chi connectivity index (χ0v) is 9.89. The summed E-state index contributed by atoms with van der Waals surface area (Å²) in [6.07, 6.45) is 0. The van der Waals surface area contributed by atoms with E-state index in [-0.39, 0.29) is 17.8 Å². The van der Waals surface area contributed by atoms with Crippen LogP contribution in [-0.4, -0.2) is 23.3 Å². The molecule has 0 bridgehead atoms. The smallest absolute Gasteiger partial charge is 0.329 e. The Balaban J connectivity index is 2.69. The van der Waals surface area contributed by atoms with E-state index in [0.717, 1.165) is 5.56 Å². The number of hydrogen-bond acceptors (Lipinski definition) is 4. The van der Waals surface area contributed by atoms with Gasteiger partial charge in [-0.2, -0.15) is 0 Å². The molecule has 2 aromatic rings. The maximum Gasteiger partial charge on any atom is 0.329 e. The van der Waals surface area contributed by atoms with Gasteiger partial charge in [0.25, 0.3) is 5.56 Å². The summed E-state index contributed by atoms with van der Waals surface area (Å²) in [6, 6.07) is 0. The standard InChI is InChI=1S/C10H12N2O3S/c1-6-5-16-8-7(6)9(13)12(3-4-15-2)10(14)11-8/h5H,3-4H2,1-2H3,(H,11,14). The number of nitrogens with one attached hydrogen (secondary N) is 1. The fourth-order valence-corrected chi connectivity index (χ4v) is 2.50. The number of aromatic nitrogens is 2. The molecule has 5 nitrogen and oxygen atoms in total.